The van der Waals surface area contributed by atoms with Gasteiger partial charge in [-0.3, -0.25) is 0 Å². The van der Waals surface area contributed by atoms with Gasteiger partial charge in [0.15, 0.2) is 12.2 Å². The van der Waals surface area contributed by atoms with Crippen LogP contribution in [0.15, 0.2) is 0 Å². The molecule has 0 aromatic carbocycles. The van der Waals surface area contributed by atoms with E-state index in [0.29, 0.717) is 0 Å². The minimum Gasteiger partial charge on any atom is -0.460 e. The summed E-state index contributed by atoms with van der Waals surface area (Å²) >= 11 is -0.815. The van der Waals surface area contributed by atoms with Crippen molar-refractivity contribution in [2.75, 3.05) is 6.61 Å². The van der Waals surface area contributed by atoms with E-state index in [-0.39, 0.29) is 0 Å². The molecule has 0 aliphatic carbocycles. The van der Waals surface area contributed by atoms with Crippen LogP contribution in [0, 0.1) is 0 Å². The molecule has 98 valence electrons. The molecule has 1 aliphatic heterocycles. The molecule has 11 heteroatoms. The summed E-state index contributed by atoms with van der Waals surface area (Å²) < 4.78 is 37.5. The quantitative estimate of drug-likeness (QED) is 0.296. The van der Waals surface area contributed by atoms with Gasteiger partial charge in [-0.05, 0) is 0 Å². The lowest BCUT2D eigenvalue weighted by molar-refractivity contribution is -0.433. The zero-order valence-electron chi connectivity index (χ0n) is 7.87. The van der Waals surface area contributed by atoms with Crippen LogP contribution in [-0.2, 0) is 28.4 Å². The number of aliphatic hydroxyl groups excluding tert-OH is 1. The van der Waals surface area contributed by atoms with Crippen molar-refractivity contribution in [2.45, 2.75) is 17.5 Å². The SMILES string of the molecule is O=C1OCC(OC(=O)C(F)(F)SOOO)C1O. The van der Waals surface area contributed by atoms with Gasteiger partial charge in [-0.25, -0.2) is 14.8 Å². The van der Waals surface area contributed by atoms with E-state index in [1.54, 1.807) is 0 Å². The highest BCUT2D eigenvalue weighted by atomic mass is 32.2. The Hall–Kier alpha value is -1.01. The number of ether oxygens (including phenoxy) is 2. The molecule has 0 aromatic heterocycles. The second kappa shape index (κ2) is 5.55. The number of cyclic esters (lactones) is 1. The van der Waals surface area contributed by atoms with E-state index in [2.05, 4.69) is 18.8 Å². The van der Waals surface area contributed by atoms with E-state index in [4.69, 9.17) is 10.4 Å². The molecule has 1 heterocycles. The summed E-state index contributed by atoms with van der Waals surface area (Å²) in [6.45, 7) is -0.524. The second-order valence-corrected chi connectivity index (χ2v) is 3.58. The molecule has 1 aliphatic rings. The molecule has 0 radical (unpaired) electrons. The summed E-state index contributed by atoms with van der Waals surface area (Å²) in [5, 5.41) is 15.4. The molecular weight excluding hydrogens is 270 g/mol. The molecule has 1 rings (SSSR count). The normalized spacial score (nSPS) is 24.6. The van der Waals surface area contributed by atoms with Crippen LogP contribution in [0.4, 0.5) is 8.78 Å². The van der Waals surface area contributed by atoms with Gasteiger partial charge < -0.3 is 14.6 Å². The number of hydrogen-bond acceptors (Lipinski definition) is 9. The fraction of sp³-hybridized carbons (Fsp3) is 0.667. The van der Waals surface area contributed by atoms with Gasteiger partial charge in [0.1, 0.15) is 18.6 Å². The molecule has 8 nitrogen and oxygen atoms in total. The Balaban J connectivity index is 2.51. The maximum atomic E-state index is 12.8. The number of rotatable bonds is 5. The van der Waals surface area contributed by atoms with Gasteiger partial charge in [0, 0.05) is 0 Å². The van der Waals surface area contributed by atoms with Gasteiger partial charge in [0.2, 0.25) is 0 Å². The fourth-order valence-corrected chi connectivity index (χ4v) is 1.12. The molecule has 1 fully saturated rings. The Kier molecular flexibility index (Phi) is 4.59. The maximum Gasteiger partial charge on any atom is 0.415 e. The van der Waals surface area contributed by atoms with Crippen molar-refractivity contribution in [1.29, 1.82) is 0 Å². The molecule has 2 unspecified atom stereocenters. The average Bonchev–Trinajstić information content (AvgIpc) is 2.58. The van der Waals surface area contributed by atoms with Crippen LogP contribution in [0.1, 0.15) is 0 Å². The van der Waals surface area contributed by atoms with Crippen LogP contribution in [0.3, 0.4) is 0 Å². The number of halogens is 2. The summed E-state index contributed by atoms with van der Waals surface area (Å²) in [5.74, 6) is -3.16. The largest absolute Gasteiger partial charge is 0.460 e. The van der Waals surface area contributed by atoms with Gasteiger partial charge >= 0.3 is 17.2 Å². The van der Waals surface area contributed by atoms with Crippen molar-refractivity contribution in [1.82, 2.24) is 0 Å². The highest BCUT2D eigenvalue weighted by Gasteiger charge is 2.48. The van der Waals surface area contributed by atoms with Crippen LogP contribution < -0.4 is 0 Å². The standard InChI is InChI=1S/C6H6F2O8S/c7-6(8,17-16-15-12)5(11)14-2-1-13-4(10)3(2)9/h2-3,9,12H,1H2. The first-order chi connectivity index (χ1) is 7.88. The van der Waals surface area contributed by atoms with Crippen molar-refractivity contribution in [3.63, 3.8) is 0 Å². The van der Waals surface area contributed by atoms with Crippen molar-refractivity contribution in [2.24, 2.45) is 0 Å². The van der Waals surface area contributed by atoms with Crippen molar-refractivity contribution in [3.8, 4) is 0 Å². The van der Waals surface area contributed by atoms with Gasteiger partial charge in [-0.1, -0.05) is 5.04 Å². The third-order valence-electron chi connectivity index (χ3n) is 1.65. The minimum atomic E-state index is -4.19. The smallest absolute Gasteiger partial charge is 0.415 e. The lowest BCUT2D eigenvalue weighted by Crippen LogP contribution is -2.37. The van der Waals surface area contributed by atoms with Gasteiger partial charge in [0.05, 0.1) is 0 Å². The first-order valence-corrected chi connectivity index (χ1v) is 4.72. The van der Waals surface area contributed by atoms with Crippen LogP contribution in [0.5, 0.6) is 0 Å². The van der Waals surface area contributed by atoms with E-state index in [0.717, 1.165) is 0 Å². The highest BCUT2D eigenvalue weighted by Crippen LogP contribution is 2.32. The lowest BCUT2D eigenvalue weighted by Gasteiger charge is -2.16. The molecule has 0 aromatic rings. The van der Waals surface area contributed by atoms with Crippen molar-refractivity contribution < 1.29 is 47.6 Å². The summed E-state index contributed by atoms with van der Waals surface area (Å²) in [6, 6.07) is 0. The number of carbonyl (C=O) groups excluding carboxylic acids is 2. The topological polar surface area (TPSA) is 112 Å². The molecule has 2 N–H and O–H groups in total. The minimum absolute atomic E-state index is 0.524. The Morgan fingerprint density at radius 1 is 1.59 bits per heavy atom. The van der Waals surface area contributed by atoms with E-state index < -0.39 is 48.1 Å². The first-order valence-electron chi connectivity index (χ1n) is 3.98. The molecule has 0 amide bonds. The Bertz CT molecular complexity index is 310. The summed E-state index contributed by atoms with van der Waals surface area (Å²) in [6.07, 6.45) is -3.33. The third-order valence-corrected chi connectivity index (χ3v) is 2.15. The van der Waals surface area contributed by atoms with E-state index >= 15 is 0 Å². The predicted molar refractivity (Wildman–Crippen MR) is 44.2 cm³/mol. The zero-order valence-corrected chi connectivity index (χ0v) is 8.69. The van der Waals surface area contributed by atoms with E-state index in [1.165, 1.54) is 0 Å². The Morgan fingerprint density at radius 2 is 2.24 bits per heavy atom. The summed E-state index contributed by atoms with van der Waals surface area (Å²) in [7, 11) is 0. The number of carbonyl (C=O) groups is 2. The number of aliphatic hydroxyl groups is 1. The molecule has 1 saturated heterocycles. The number of hydrogen-bond donors (Lipinski definition) is 2. The predicted octanol–water partition coefficient (Wildman–Crippen LogP) is -0.522. The zero-order chi connectivity index (χ0) is 13.1. The summed E-state index contributed by atoms with van der Waals surface area (Å²) in [4.78, 5) is 21.5. The van der Waals surface area contributed by atoms with E-state index in [9.17, 15) is 18.4 Å². The van der Waals surface area contributed by atoms with Gasteiger partial charge in [-0.15, -0.1) is 4.33 Å². The Labute approximate surface area is 96.4 Å². The first kappa shape index (κ1) is 14.1. The second-order valence-electron chi connectivity index (χ2n) is 2.76. The van der Waals surface area contributed by atoms with Crippen LogP contribution >= 0.6 is 12.0 Å². The number of esters is 2. The molecule has 17 heavy (non-hydrogen) atoms. The summed E-state index contributed by atoms with van der Waals surface area (Å²) in [5.41, 5.74) is 0. The number of alkyl halides is 2. The van der Waals surface area contributed by atoms with Crippen LogP contribution in [0.25, 0.3) is 0 Å². The van der Waals surface area contributed by atoms with Crippen molar-refractivity contribution in [3.05, 3.63) is 0 Å². The monoisotopic (exact) mass is 276 g/mol. The third kappa shape index (κ3) is 3.47. The van der Waals surface area contributed by atoms with Crippen LogP contribution in [-0.4, -0.2) is 46.4 Å². The van der Waals surface area contributed by atoms with Crippen molar-refractivity contribution >= 4 is 24.0 Å². The van der Waals surface area contributed by atoms with Gasteiger partial charge in [0.25, 0.3) is 0 Å². The molecule has 2 atom stereocenters. The van der Waals surface area contributed by atoms with Gasteiger partial charge in [-0.2, -0.15) is 8.78 Å². The fourth-order valence-electron chi connectivity index (χ4n) is 0.889. The Morgan fingerprint density at radius 3 is 2.71 bits per heavy atom. The highest BCUT2D eigenvalue weighted by molar-refractivity contribution is 7.96. The lowest BCUT2D eigenvalue weighted by atomic mass is 10.2. The molecule has 0 bridgehead atoms. The molecule has 0 spiro atoms. The molecular formula is C6H6F2O8S. The maximum absolute atomic E-state index is 12.8. The van der Waals surface area contributed by atoms with E-state index in [1.807, 2.05) is 0 Å². The van der Waals surface area contributed by atoms with Crippen LogP contribution in [0.2, 0.25) is 0 Å². The average molecular weight is 276 g/mol. The molecule has 0 saturated carbocycles.